The highest BCUT2D eigenvalue weighted by atomic mass is 32.1. The van der Waals surface area contributed by atoms with Gasteiger partial charge in [-0.1, -0.05) is 6.92 Å². The van der Waals surface area contributed by atoms with E-state index < -0.39 is 0 Å². The minimum absolute atomic E-state index is 0.573. The maximum atomic E-state index is 4.64. The predicted octanol–water partition coefficient (Wildman–Crippen LogP) is 2.01. The third-order valence-corrected chi connectivity index (χ3v) is 4.35. The molecular weight excluding hydrogens is 206 g/mol. The molecule has 3 heterocycles. The second-order valence-electron chi connectivity index (χ2n) is 4.10. The maximum absolute atomic E-state index is 4.64. The molecule has 0 bridgehead atoms. The molecule has 1 unspecified atom stereocenters. The topological polar surface area (TPSA) is 37.8 Å². The van der Waals surface area contributed by atoms with Gasteiger partial charge in [0.05, 0.1) is 21.4 Å². The lowest BCUT2D eigenvalue weighted by molar-refractivity contribution is 0.303. The van der Waals surface area contributed by atoms with E-state index in [4.69, 9.17) is 0 Å². The van der Waals surface area contributed by atoms with E-state index in [1.54, 1.807) is 11.3 Å². The molecule has 0 spiro atoms. The zero-order chi connectivity index (χ0) is 10.3. The normalized spacial score (nSPS) is 19.0. The molecule has 1 fully saturated rings. The first-order valence-corrected chi connectivity index (χ1v) is 6.07. The fraction of sp³-hybridized carbons (Fsp3) is 0.455. The van der Waals surface area contributed by atoms with Crippen molar-refractivity contribution in [2.75, 3.05) is 13.1 Å². The number of nitrogens with zero attached hydrogens (tertiary/aromatic N) is 2. The van der Waals surface area contributed by atoms with Crippen molar-refractivity contribution in [1.29, 1.82) is 0 Å². The lowest BCUT2D eigenvalue weighted by Crippen LogP contribution is -2.44. The predicted molar refractivity (Wildman–Crippen MR) is 62.2 cm³/mol. The van der Waals surface area contributed by atoms with Crippen molar-refractivity contribution in [3.8, 4) is 0 Å². The summed E-state index contributed by atoms with van der Waals surface area (Å²) in [4.78, 5) is 8.74. The Kier molecular flexibility index (Phi) is 2.18. The number of nitrogens with one attached hydrogen (secondary N) is 1. The smallest absolute Gasteiger partial charge is 0.0998 e. The molecule has 1 aliphatic rings. The van der Waals surface area contributed by atoms with E-state index in [0.717, 1.165) is 24.5 Å². The van der Waals surface area contributed by atoms with Gasteiger partial charge in [-0.25, -0.2) is 4.98 Å². The van der Waals surface area contributed by atoms with E-state index in [0.29, 0.717) is 5.92 Å². The van der Waals surface area contributed by atoms with E-state index in [1.807, 2.05) is 18.5 Å². The fourth-order valence-electron chi connectivity index (χ4n) is 1.86. The Balaban J connectivity index is 1.96. The van der Waals surface area contributed by atoms with Crippen LogP contribution in [-0.4, -0.2) is 23.1 Å². The number of hydrogen-bond donors (Lipinski definition) is 1. The van der Waals surface area contributed by atoms with Crippen LogP contribution in [0.3, 0.4) is 0 Å². The first-order valence-electron chi connectivity index (χ1n) is 5.26. The summed E-state index contributed by atoms with van der Waals surface area (Å²) >= 11 is 1.80. The summed E-state index contributed by atoms with van der Waals surface area (Å²) < 4.78 is 1.25. The third-order valence-electron chi connectivity index (χ3n) is 3.12. The standard InChI is InChI=1S/C11H13N3S/c1-7(8-4-13-5-8)11-14-9-6-12-3-2-10(9)15-11/h2-3,6-8,13H,4-5H2,1H3. The lowest BCUT2D eigenvalue weighted by Gasteiger charge is -2.31. The average molecular weight is 219 g/mol. The van der Waals surface area contributed by atoms with Crippen molar-refractivity contribution in [3.63, 3.8) is 0 Å². The summed E-state index contributed by atoms with van der Waals surface area (Å²) in [6.45, 7) is 4.54. The van der Waals surface area contributed by atoms with Crippen molar-refractivity contribution in [1.82, 2.24) is 15.3 Å². The van der Waals surface area contributed by atoms with Crippen molar-refractivity contribution in [3.05, 3.63) is 23.5 Å². The van der Waals surface area contributed by atoms with Crippen LogP contribution in [0.1, 0.15) is 17.8 Å². The Morgan fingerprint density at radius 2 is 2.40 bits per heavy atom. The molecule has 0 aliphatic carbocycles. The average Bonchev–Trinajstić information content (AvgIpc) is 2.58. The van der Waals surface area contributed by atoms with E-state index in [9.17, 15) is 0 Å². The number of aromatic nitrogens is 2. The highest BCUT2D eigenvalue weighted by Gasteiger charge is 2.26. The van der Waals surface area contributed by atoms with Crippen molar-refractivity contribution < 1.29 is 0 Å². The summed E-state index contributed by atoms with van der Waals surface area (Å²) in [5, 5.41) is 4.56. The van der Waals surface area contributed by atoms with Crippen LogP contribution in [0.2, 0.25) is 0 Å². The Labute approximate surface area is 92.6 Å². The molecule has 0 saturated carbocycles. The molecule has 1 atom stereocenters. The molecule has 3 nitrogen and oxygen atoms in total. The lowest BCUT2D eigenvalue weighted by atomic mass is 9.89. The van der Waals surface area contributed by atoms with Crippen LogP contribution in [-0.2, 0) is 0 Å². The van der Waals surface area contributed by atoms with Gasteiger partial charge in [-0.3, -0.25) is 4.98 Å². The van der Waals surface area contributed by atoms with Gasteiger partial charge in [0, 0.05) is 12.1 Å². The monoisotopic (exact) mass is 219 g/mol. The van der Waals surface area contributed by atoms with Gasteiger partial charge in [0.15, 0.2) is 0 Å². The second kappa shape index (κ2) is 3.54. The van der Waals surface area contributed by atoms with Gasteiger partial charge in [0.1, 0.15) is 0 Å². The largest absolute Gasteiger partial charge is 0.316 e. The summed E-state index contributed by atoms with van der Waals surface area (Å²) in [5.74, 6) is 1.34. The van der Waals surface area contributed by atoms with E-state index >= 15 is 0 Å². The summed E-state index contributed by atoms with van der Waals surface area (Å²) in [6, 6.07) is 2.04. The van der Waals surface area contributed by atoms with Crippen LogP contribution < -0.4 is 5.32 Å². The molecular formula is C11H13N3S. The minimum Gasteiger partial charge on any atom is -0.316 e. The van der Waals surface area contributed by atoms with Gasteiger partial charge in [-0.15, -0.1) is 11.3 Å². The zero-order valence-electron chi connectivity index (χ0n) is 8.60. The van der Waals surface area contributed by atoms with E-state index in [1.165, 1.54) is 9.71 Å². The molecule has 1 aliphatic heterocycles. The van der Waals surface area contributed by atoms with Crippen molar-refractivity contribution in [2.45, 2.75) is 12.8 Å². The quantitative estimate of drug-likeness (QED) is 0.839. The zero-order valence-corrected chi connectivity index (χ0v) is 9.42. The maximum Gasteiger partial charge on any atom is 0.0998 e. The van der Waals surface area contributed by atoms with Crippen LogP contribution in [0.4, 0.5) is 0 Å². The van der Waals surface area contributed by atoms with Crippen molar-refractivity contribution >= 4 is 21.6 Å². The Bertz CT molecular complexity index is 442. The molecule has 4 heteroatoms. The van der Waals surface area contributed by atoms with Gasteiger partial charge in [0.25, 0.3) is 0 Å². The van der Waals surface area contributed by atoms with Crippen LogP contribution in [0.15, 0.2) is 18.5 Å². The number of pyridine rings is 1. The molecule has 2 aromatic heterocycles. The van der Waals surface area contributed by atoms with Crippen LogP contribution in [0, 0.1) is 5.92 Å². The molecule has 1 saturated heterocycles. The Hall–Kier alpha value is -1.00. The Morgan fingerprint density at radius 1 is 1.53 bits per heavy atom. The summed E-state index contributed by atoms with van der Waals surface area (Å²) in [5.41, 5.74) is 1.04. The molecule has 1 N–H and O–H groups in total. The molecule has 0 amide bonds. The van der Waals surface area contributed by atoms with Crippen molar-refractivity contribution in [2.24, 2.45) is 5.92 Å². The van der Waals surface area contributed by atoms with Gasteiger partial charge >= 0.3 is 0 Å². The van der Waals surface area contributed by atoms with Gasteiger partial charge in [0.2, 0.25) is 0 Å². The first kappa shape index (κ1) is 9.24. The van der Waals surface area contributed by atoms with Crippen LogP contribution in [0.25, 0.3) is 10.2 Å². The number of hydrogen-bond acceptors (Lipinski definition) is 4. The van der Waals surface area contributed by atoms with Crippen LogP contribution in [0.5, 0.6) is 0 Å². The SMILES string of the molecule is CC(c1nc2cnccc2s1)C1CNC1. The fourth-order valence-corrected chi connectivity index (χ4v) is 2.94. The Morgan fingerprint density at radius 3 is 3.07 bits per heavy atom. The molecule has 15 heavy (non-hydrogen) atoms. The number of rotatable bonds is 2. The molecule has 0 radical (unpaired) electrons. The second-order valence-corrected chi connectivity index (χ2v) is 5.16. The molecule has 3 rings (SSSR count). The van der Waals surface area contributed by atoms with E-state index in [-0.39, 0.29) is 0 Å². The summed E-state index contributed by atoms with van der Waals surface area (Å²) in [7, 11) is 0. The van der Waals surface area contributed by atoms with Gasteiger partial charge in [-0.2, -0.15) is 0 Å². The van der Waals surface area contributed by atoms with Gasteiger partial charge < -0.3 is 5.32 Å². The number of thiazole rings is 1. The first-order chi connectivity index (χ1) is 7.34. The highest BCUT2D eigenvalue weighted by Crippen LogP contribution is 2.32. The minimum atomic E-state index is 0.573. The van der Waals surface area contributed by atoms with Crippen LogP contribution >= 0.6 is 11.3 Å². The molecule has 0 aromatic carbocycles. The summed E-state index contributed by atoms with van der Waals surface area (Å²) in [6.07, 6.45) is 3.68. The third kappa shape index (κ3) is 1.54. The highest BCUT2D eigenvalue weighted by molar-refractivity contribution is 7.18. The van der Waals surface area contributed by atoms with E-state index in [2.05, 4.69) is 22.2 Å². The van der Waals surface area contributed by atoms with Gasteiger partial charge in [-0.05, 0) is 25.1 Å². The molecule has 78 valence electrons. The molecule has 2 aromatic rings. The number of fused-ring (bicyclic) bond motifs is 1.